The van der Waals surface area contributed by atoms with Crippen LogP contribution in [-0.4, -0.2) is 39.7 Å². The largest absolute Gasteiger partial charge is 0.396 e. The van der Waals surface area contributed by atoms with Crippen molar-refractivity contribution in [3.8, 4) is 0 Å². The van der Waals surface area contributed by atoms with E-state index in [1.165, 1.54) is 0 Å². The van der Waals surface area contributed by atoms with Gasteiger partial charge in [-0.1, -0.05) is 0 Å². The van der Waals surface area contributed by atoms with Crippen molar-refractivity contribution < 1.29 is 5.11 Å². The normalized spacial score (nSPS) is 20.1. The molecule has 0 saturated carbocycles. The van der Waals surface area contributed by atoms with E-state index >= 15 is 0 Å². The van der Waals surface area contributed by atoms with Crippen molar-refractivity contribution in [1.82, 2.24) is 14.9 Å². The second-order valence-corrected chi connectivity index (χ2v) is 6.75. The minimum absolute atomic E-state index is 0.0373. The molecule has 2 aromatic rings. The molecular formula is C14H19N3O2S. The first-order valence-corrected chi connectivity index (χ1v) is 7.72. The van der Waals surface area contributed by atoms with Gasteiger partial charge in [0.1, 0.15) is 10.7 Å². The fourth-order valence-electron chi connectivity index (χ4n) is 2.79. The highest BCUT2D eigenvalue weighted by molar-refractivity contribution is 7.18. The van der Waals surface area contributed by atoms with Gasteiger partial charge in [0.2, 0.25) is 0 Å². The highest BCUT2D eigenvalue weighted by Crippen LogP contribution is 2.26. The summed E-state index contributed by atoms with van der Waals surface area (Å²) in [6.07, 6.45) is 1.01. The average Bonchev–Trinajstić information content (AvgIpc) is 2.95. The first-order chi connectivity index (χ1) is 9.58. The quantitative estimate of drug-likeness (QED) is 0.898. The Balaban J connectivity index is 1.88. The number of aliphatic hydroxyl groups is 1. The van der Waals surface area contributed by atoms with Crippen LogP contribution in [0, 0.1) is 19.8 Å². The molecule has 0 aliphatic carbocycles. The number of hydrogen-bond donors (Lipinski definition) is 2. The van der Waals surface area contributed by atoms with Crippen LogP contribution in [0.3, 0.4) is 0 Å². The van der Waals surface area contributed by atoms with Crippen molar-refractivity contribution in [3.63, 3.8) is 0 Å². The van der Waals surface area contributed by atoms with E-state index in [0.717, 1.165) is 46.0 Å². The van der Waals surface area contributed by atoms with Gasteiger partial charge in [-0.2, -0.15) is 0 Å². The third-order valence-corrected chi connectivity index (χ3v) is 5.19. The van der Waals surface area contributed by atoms with Crippen LogP contribution < -0.4 is 5.56 Å². The molecule has 0 spiro atoms. The number of nitrogens with zero attached hydrogens (tertiary/aromatic N) is 2. The predicted octanol–water partition coefficient (Wildman–Crippen LogP) is 1.42. The summed E-state index contributed by atoms with van der Waals surface area (Å²) in [6, 6.07) is 0. The Kier molecular flexibility index (Phi) is 3.62. The smallest absolute Gasteiger partial charge is 0.259 e. The lowest BCUT2D eigenvalue weighted by Gasteiger charge is -2.14. The maximum absolute atomic E-state index is 12.2. The summed E-state index contributed by atoms with van der Waals surface area (Å²) in [6.45, 7) is 6.71. The van der Waals surface area contributed by atoms with E-state index in [0.29, 0.717) is 12.5 Å². The SMILES string of the molecule is Cc1sc2nc(CN3CCC(CO)C3)[nH]c(=O)c2c1C. The van der Waals surface area contributed by atoms with Crippen LogP contribution in [0.15, 0.2) is 4.79 Å². The average molecular weight is 293 g/mol. The van der Waals surface area contributed by atoms with E-state index in [1.807, 2.05) is 13.8 Å². The molecule has 0 bridgehead atoms. The lowest BCUT2D eigenvalue weighted by atomic mass is 10.1. The van der Waals surface area contributed by atoms with Crippen LogP contribution in [0.2, 0.25) is 0 Å². The third kappa shape index (κ3) is 2.39. The molecule has 6 heteroatoms. The number of aliphatic hydroxyl groups excluding tert-OH is 1. The van der Waals surface area contributed by atoms with Crippen LogP contribution in [0.4, 0.5) is 0 Å². The van der Waals surface area contributed by atoms with Gasteiger partial charge in [-0.15, -0.1) is 11.3 Å². The number of nitrogens with one attached hydrogen (secondary N) is 1. The summed E-state index contributed by atoms with van der Waals surface area (Å²) in [7, 11) is 0. The first-order valence-electron chi connectivity index (χ1n) is 6.90. The number of aromatic amines is 1. The van der Waals surface area contributed by atoms with Crippen molar-refractivity contribution in [2.24, 2.45) is 5.92 Å². The van der Waals surface area contributed by atoms with Gasteiger partial charge in [-0.05, 0) is 38.3 Å². The molecule has 1 aliphatic rings. The molecule has 3 heterocycles. The lowest BCUT2D eigenvalue weighted by molar-refractivity contribution is 0.219. The van der Waals surface area contributed by atoms with Gasteiger partial charge in [0, 0.05) is 18.0 Å². The van der Waals surface area contributed by atoms with Gasteiger partial charge in [-0.3, -0.25) is 9.69 Å². The molecule has 0 radical (unpaired) electrons. The van der Waals surface area contributed by atoms with Gasteiger partial charge >= 0.3 is 0 Å². The second kappa shape index (κ2) is 5.27. The molecule has 1 unspecified atom stereocenters. The van der Waals surface area contributed by atoms with Gasteiger partial charge in [0.25, 0.3) is 5.56 Å². The molecule has 3 rings (SSSR count). The van der Waals surface area contributed by atoms with Gasteiger partial charge in [-0.25, -0.2) is 4.98 Å². The highest BCUT2D eigenvalue weighted by Gasteiger charge is 2.22. The van der Waals surface area contributed by atoms with E-state index in [1.54, 1.807) is 11.3 Å². The first kappa shape index (κ1) is 13.7. The van der Waals surface area contributed by atoms with Crippen molar-refractivity contribution in [2.45, 2.75) is 26.8 Å². The summed E-state index contributed by atoms with van der Waals surface area (Å²) < 4.78 is 0. The third-order valence-electron chi connectivity index (χ3n) is 4.09. The molecule has 20 heavy (non-hydrogen) atoms. The van der Waals surface area contributed by atoms with Gasteiger partial charge in [0.15, 0.2) is 0 Å². The molecule has 1 fully saturated rings. The van der Waals surface area contributed by atoms with Crippen molar-refractivity contribution in [1.29, 1.82) is 0 Å². The Morgan fingerprint density at radius 3 is 3.00 bits per heavy atom. The van der Waals surface area contributed by atoms with Crippen LogP contribution >= 0.6 is 11.3 Å². The Hall–Kier alpha value is -1.24. The minimum Gasteiger partial charge on any atom is -0.396 e. The van der Waals surface area contributed by atoms with Gasteiger partial charge in [0.05, 0.1) is 11.9 Å². The van der Waals surface area contributed by atoms with E-state index in [4.69, 9.17) is 0 Å². The Morgan fingerprint density at radius 2 is 2.30 bits per heavy atom. The number of rotatable bonds is 3. The summed E-state index contributed by atoms with van der Waals surface area (Å²) >= 11 is 1.58. The number of hydrogen-bond acceptors (Lipinski definition) is 5. The summed E-state index contributed by atoms with van der Waals surface area (Å²) in [4.78, 5) is 23.9. The molecular weight excluding hydrogens is 274 g/mol. The molecule has 108 valence electrons. The van der Waals surface area contributed by atoms with E-state index in [-0.39, 0.29) is 12.2 Å². The predicted molar refractivity (Wildman–Crippen MR) is 80.2 cm³/mol. The minimum atomic E-state index is -0.0373. The number of likely N-dealkylation sites (tertiary alicyclic amines) is 1. The fourth-order valence-corrected chi connectivity index (χ4v) is 3.84. The maximum atomic E-state index is 12.2. The zero-order chi connectivity index (χ0) is 14.3. The Labute approximate surface area is 121 Å². The van der Waals surface area contributed by atoms with Crippen LogP contribution in [0.5, 0.6) is 0 Å². The molecule has 2 aromatic heterocycles. The van der Waals surface area contributed by atoms with Gasteiger partial charge < -0.3 is 10.1 Å². The summed E-state index contributed by atoms with van der Waals surface area (Å²) in [5.74, 6) is 1.08. The van der Waals surface area contributed by atoms with Crippen molar-refractivity contribution in [3.05, 3.63) is 26.6 Å². The van der Waals surface area contributed by atoms with E-state index < -0.39 is 0 Å². The van der Waals surface area contributed by atoms with Crippen molar-refractivity contribution in [2.75, 3.05) is 19.7 Å². The fraction of sp³-hybridized carbons (Fsp3) is 0.571. The molecule has 0 amide bonds. The topological polar surface area (TPSA) is 69.2 Å². The Morgan fingerprint density at radius 1 is 1.50 bits per heavy atom. The highest BCUT2D eigenvalue weighted by atomic mass is 32.1. The molecule has 1 atom stereocenters. The van der Waals surface area contributed by atoms with E-state index in [9.17, 15) is 9.90 Å². The number of fused-ring (bicyclic) bond motifs is 1. The molecule has 5 nitrogen and oxygen atoms in total. The number of H-pyrrole nitrogens is 1. The number of aromatic nitrogens is 2. The molecule has 1 saturated heterocycles. The van der Waals surface area contributed by atoms with Crippen LogP contribution in [0.25, 0.3) is 10.2 Å². The molecule has 1 aliphatic heterocycles. The van der Waals surface area contributed by atoms with Crippen LogP contribution in [0.1, 0.15) is 22.7 Å². The molecule has 0 aromatic carbocycles. The maximum Gasteiger partial charge on any atom is 0.259 e. The lowest BCUT2D eigenvalue weighted by Crippen LogP contribution is -2.24. The number of thiophene rings is 1. The van der Waals surface area contributed by atoms with Crippen molar-refractivity contribution >= 4 is 21.6 Å². The van der Waals surface area contributed by atoms with E-state index in [2.05, 4.69) is 14.9 Å². The Bertz CT molecular complexity index is 692. The monoisotopic (exact) mass is 293 g/mol. The number of aryl methyl sites for hydroxylation is 2. The van der Waals surface area contributed by atoms with Crippen LogP contribution in [-0.2, 0) is 6.54 Å². The zero-order valence-electron chi connectivity index (χ0n) is 11.8. The molecule has 2 N–H and O–H groups in total. The standard InChI is InChI=1S/C14H19N3O2S/c1-8-9(2)20-14-12(8)13(19)15-11(16-14)6-17-4-3-10(5-17)7-18/h10,18H,3-7H2,1-2H3,(H,15,16,19). The summed E-state index contributed by atoms with van der Waals surface area (Å²) in [5.41, 5.74) is 0.997. The second-order valence-electron chi connectivity index (χ2n) is 5.55. The zero-order valence-corrected chi connectivity index (χ0v) is 12.6. The summed E-state index contributed by atoms with van der Waals surface area (Å²) in [5, 5.41) is 9.90.